The Bertz CT molecular complexity index is 181. The van der Waals surface area contributed by atoms with Crippen LogP contribution in [-0.2, 0) is 9.47 Å². The average molecular weight is 214 g/mol. The van der Waals surface area contributed by atoms with Gasteiger partial charge in [0.05, 0.1) is 25.9 Å². The number of aliphatic hydroxyl groups excluding tert-OH is 1. The average Bonchev–Trinajstić information content (AvgIpc) is 2.30. The second kappa shape index (κ2) is 5.28. The lowest BCUT2D eigenvalue weighted by molar-refractivity contribution is -0.147. The van der Waals surface area contributed by atoms with Crippen LogP contribution in [0.1, 0.15) is 32.6 Å². The van der Waals surface area contributed by atoms with Crippen LogP contribution in [0.3, 0.4) is 0 Å². The van der Waals surface area contributed by atoms with Crippen LogP contribution in [0.4, 0.5) is 0 Å². The Morgan fingerprint density at radius 2 is 1.87 bits per heavy atom. The van der Waals surface area contributed by atoms with Crippen LogP contribution < -0.4 is 0 Å². The van der Waals surface area contributed by atoms with Crippen molar-refractivity contribution in [2.24, 2.45) is 11.8 Å². The van der Waals surface area contributed by atoms with Gasteiger partial charge in [-0.05, 0) is 24.7 Å². The molecule has 0 aromatic heterocycles. The molecule has 0 aromatic rings. The lowest BCUT2D eigenvalue weighted by atomic mass is 9.79. The van der Waals surface area contributed by atoms with E-state index in [9.17, 15) is 5.11 Å². The molecule has 1 saturated heterocycles. The first-order chi connectivity index (χ1) is 7.27. The molecule has 2 atom stereocenters. The molecule has 0 amide bonds. The van der Waals surface area contributed by atoms with Crippen LogP contribution >= 0.6 is 0 Å². The van der Waals surface area contributed by atoms with E-state index in [2.05, 4.69) is 6.92 Å². The van der Waals surface area contributed by atoms with Crippen LogP contribution in [0, 0.1) is 11.8 Å². The number of aliphatic hydroxyl groups is 1. The van der Waals surface area contributed by atoms with Crippen LogP contribution in [-0.4, -0.2) is 37.1 Å². The van der Waals surface area contributed by atoms with Gasteiger partial charge in [-0.2, -0.15) is 0 Å². The highest BCUT2D eigenvalue weighted by atomic mass is 16.6. The summed E-state index contributed by atoms with van der Waals surface area (Å²) in [7, 11) is 0. The van der Waals surface area contributed by atoms with Crippen LogP contribution in [0.5, 0.6) is 0 Å². The first-order valence-electron chi connectivity index (χ1n) is 6.15. The Morgan fingerprint density at radius 3 is 2.47 bits per heavy atom. The Morgan fingerprint density at radius 1 is 1.13 bits per heavy atom. The van der Waals surface area contributed by atoms with Crippen molar-refractivity contribution in [3.63, 3.8) is 0 Å². The van der Waals surface area contributed by atoms with Gasteiger partial charge in [0.15, 0.2) is 0 Å². The second-order valence-corrected chi connectivity index (χ2v) is 4.99. The van der Waals surface area contributed by atoms with Crippen molar-refractivity contribution in [3.8, 4) is 0 Å². The minimum Gasteiger partial charge on any atom is -0.390 e. The Kier molecular flexibility index (Phi) is 4.00. The van der Waals surface area contributed by atoms with E-state index in [-0.39, 0.29) is 12.2 Å². The summed E-state index contributed by atoms with van der Waals surface area (Å²) < 4.78 is 10.9. The third kappa shape index (κ3) is 2.92. The Labute approximate surface area is 91.8 Å². The summed E-state index contributed by atoms with van der Waals surface area (Å²) >= 11 is 0. The maximum atomic E-state index is 10.2. The summed E-state index contributed by atoms with van der Waals surface area (Å²) in [4.78, 5) is 0. The summed E-state index contributed by atoms with van der Waals surface area (Å²) in [6.45, 7) is 4.16. The molecule has 3 nitrogen and oxygen atoms in total. The molecule has 2 fully saturated rings. The summed E-state index contributed by atoms with van der Waals surface area (Å²) in [5.74, 6) is 1.25. The van der Waals surface area contributed by atoms with Gasteiger partial charge < -0.3 is 14.6 Å². The van der Waals surface area contributed by atoms with Gasteiger partial charge in [-0.15, -0.1) is 0 Å². The second-order valence-electron chi connectivity index (χ2n) is 4.99. The predicted octanol–water partition coefficient (Wildman–Crippen LogP) is 1.59. The van der Waals surface area contributed by atoms with Crippen molar-refractivity contribution < 1.29 is 14.6 Å². The smallest absolute Gasteiger partial charge is 0.107 e. The number of rotatable bonds is 2. The van der Waals surface area contributed by atoms with E-state index in [1.807, 2.05) is 0 Å². The van der Waals surface area contributed by atoms with Gasteiger partial charge in [0, 0.05) is 0 Å². The predicted molar refractivity (Wildman–Crippen MR) is 57.7 cm³/mol. The molecule has 1 saturated carbocycles. The third-order valence-electron chi connectivity index (χ3n) is 3.77. The minimum absolute atomic E-state index is 0.0860. The third-order valence-corrected chi connectivity index (χ3v) is 3.77. The van der Waals surface area contributed by atoms with Gasteiger partial charge in [-0.25, -0.2) is 0 Å². The van der Waals surface area contributed by atoms with E-state index >= 15 is 0 Å². The number of hydrogen-bond acceptors (Lipinski definition) is 3. The van der Waals surface area contributed by atoms with E-state index in [0.717, 1.165) is 18.8 Å². The van der Waals surface area contributed by atoms with E-state index in [4.69, 9.17) is 9.47 Å². The van der Waals surface area contributed by atoms with Crippen molar-refractivity contribution in [1.82, 2.24) is 0 Å². The summed E-state index contributed by atoms with van der Waals surface area (Å²) in [6, 6.07) is 0. The van der Waals surface area contributed by atoms with Crippen molar-refractivity contribution in [3.05, 3.63) is 0 Å². The molecule has 2 aliphatic rings. The van der Waals surface area contributed by atoms with E-state index in [1.54, 1.807) is 0 Å². The highest BCUT2D eigenvalue weighted by Gasteiger charge is 2.32. The molecule has 1 heterocycles. The number of ether oxygens (including phenoxy) is 2. The lowest BCUT2D eigenvalue weighted by Gasteiger charge is -2.35. The maximum absolute atomic E-state index is 10.2. The Hall–Kier alpha value is -0.120. The highest BCUT2D eigenvalue weighted by molar-refractivity contribution is 4.82. The fourth-order valence-corrected chi connectivity index (χ4v) is 2.63. The molecule has 0 aromatic carbocycles. The topological polar surface area (TPSA) is 38.7 Å². The molecule has 88 valence electrons. The standard InChI is InChI=1S/C12H22O3/c1-9-2-4-10(5-3-9)12(13)11-8-14-6-7-15-11/h9-13H,2-8H2,1H3. The number of hydrogen-bond donors (Lipinski definition) is 1. The molecule has 0 spiro atoms. The minimum atomic E-state index is -0.321. The molecule has 0 bridgehead atoms. The molecule has 1 aliphatic heterocycles. The van der Waals surface area contributed by atoms with E-state index in [0.29, 0.717) is 25.7 Å². The van der Waals surface area contributed by atoms with Crippen molar-refractivity contribution in [2.45, 2.75) is 44.8 Å². The van der Waals surface area contributed by atoms with E-state index in [1.165, 1.54) is 12.8 Å². The fourth-order valence-electron chi connectivity index (χ4n) is 2.63. The zero-order chi connectivity index (χ0) is 10.7. The largest absolute Gasteiger partial charge is 0.390 e. The molecular weight excluding hydrogens is 192 g/mol. The zero-order valence-electron chi connectivity index (χ0n) is 9.52. The van der Waals surface area contributed by atoms with Crippen LogP contribution in [0.2, 0.25) is 0 Å². The quantitative estimate of drug-likeness (QED) is 0.758. The molecule has 3 heteroatoms. The molecule has 1 aliphatic carbocycles. The van der Waals surface area contributed by atoms with Gasteiger partial charge in [-0.3, -0.25) is 0 Å². The molecule has 2 rings (SSSR count). The summed E-state index contributed by atoms with van der Waals surface area (Å²) in [5, 5.41) is 10.2. The zero-order valence-corrected chi connectivity index (χ0v) is 9.52. The van der Waals surface area contributed by atoms with Crippen molar-refractivity contribution >= 4 is 0 Å². The van der Waals surface area contributed by atoms with Crippen molar-refractivity contribution in [1.29, 1.82) is 0 Å². The van der Waals surface area contributed by atoms with E-state index < -0.39 is 0 Å². The first-order valence-corrected chi connectivity index (χ1v) is 6.15. The summed E-state index contributed by atoms with van der Waals surface area (Å²) in [6.07, 6.45) is 4.37. The van der Waals surface area contributed by atoms with Crippen LogP contribution in [0.25, 0.3) is 0 Å². The summed E-state index contributed by atoms with van der Waals surface area (Å²) in [5.41, 5.74) is 0. The molecule has 2 unspecified atom stereocenters. The van der Waals surface area contributed by atoms with Gasteiger partial charge in [0.1, 0.15) is 6.10 Å². The SMILES string of the molecule is CC1CCC(C(O)C2COCCO2)CC1. The Balaban J connectivity index is 1.81. The highest BCUT2D eigenvalue weighted by Crippen LogP contribution is 2.32. The molecule has 0 radical (unpaired) electrons. The normalized spacial score (nSPS) is 40.0. The first kappa shape index (κ1) is 11.4. The monoisotopic (exact) mass is 214 g/mol. The van der Waals surface area contributed by atoms with Gasteiger partial charge in [0.2, 0.25) is 0 Å². The maximum Gasteiger partial charge on any atom is 0.107 e. The molecule has 15 heavy (non-hydrogen) atoms. The lowest BCUT2D eigenvalue weighted by Crippen LogP contribution is -2.43. The van der Waals surface area contributed by atoms with Gasteiger partial charge >= 0.3 is 0 Å². The molecular formula is C12H22O3. The molecule has 1 N–H and O–H groups in total. The van der Waals surface area contributed by atoms with Gasteiger partial charge in [-0.1, -0.05) is 19.8 Å². The van der Waals surface area contributed by atoms with Gasteiger partial charge in [0.25, 0.3) is 0 Å². The van der Waals surface area contributed by atoms with Crippen LogP contribution in [0.15, 0.2) is 0 Å². The fraction of sp³-hybridized carbons (Fsp3) is 1.00. The van der Waals surface area contributed by atoms with Crippen molar-refractivity contribution in [2.75, 3.05) is 19.8 Å².